The number of sulfonamides is 1. The van der Waals surface area contributed by atoms with E-state index in [1.54, 1.807) is 13.0 Å². The summed E-state index contributed by atoms with van der Waals surface area (Å²) in [4.78, 5) is 65.7. The van der Waals surface area contributed by atoms with Gasteiger partial charge >= 0.3 is 18.3 Å². The van der Waals surface area contributed by atoms with Gasteiger partial charge in [-0.3, -0.25) is 23.9 Å². The van der Waals surface area contributed by atoms with Crippen molar-refractivity contribution in [2.24, 2.45) is 29.1 Å². The highest BCUT2D eigenvalue weighted by Crippen LogP contribution is 2.58. The maximum Gasteiger partial charge on any atom is 0.438 e. The average Bonchev–Trinajstić information content (AvgIpc) is 4.06. The maximum absolute atomic E-state index is 14.9. The van der Waals surface area contributed by atoms with Gasteiger partial charge < -0.3 is 23.8 Å². The first-order valence-electron chi connectivity index (χ1n) is 20.7. The van der Waals surface area contributed by atoms with Crippen molar-refractivity contribution in [3.05, 3.63) is 30.0 Å². The Hall–Kier alpha value is -4.69. The lowest BCUT2D eigenvalue weighted by molar-refractivity contribution is -0.257. The average molecular weight is 919 g/mol. The van der Waals surface area contributed by atoms with Gasteiger partial charge in [0, 0.05) is 25.0 Å². The molecule has 1 saturated heterocycles. The molecule has 4 aliphatic rings. The molecule has 1 N–H and O–H groups in total. The number of esters is 1. The number of Topliss-reactive ketones (excluding diaryl/α,β-unsaturated/α-hetero) is 1. The van der Waals surface area contributed by atoms with Crippen molar-refractivity contribution in [2.45, 2.75) is 127 Å². The Balaban J connectivity index is 1.38. The minimum Gasteiger partial charge on any atom is -0.493 e. The van der Waals surface area contributed by atoms with Crippen molar-refractivity contribution < 1.29 is 72.9 Å². The zero-order chi connectivity index (χ0) is 46.7. The Kier molecular flexibility index (Phi) is 12.9. The van der Waals surface area contributed by atoms with Gasteiger partial charge in [0.2, 0.25) is 39.0 Å². The molecule has 7 atom stereocenters. The van der Waals surface area contributed by atoms with Crippen LogP contribution in [0, 0.1) is 29.1 Å². The number of hydrogen-bond donors (Lipinski definition) is 1. The molecule has 0 spiro atoms. The summed E-state index contributed by atoms with van der Waals surface area (Å²) >= 11 is 0. The molecule has 2 aliphatic heterocycles. The van der Waals surface area contributed by atoms with E-state index in [-0.39, 0.29) is 47.8 Å². The van der Waals surface area contributed by atoms with Gasteiger partial charge in [-0.25, -0.2) is 18.4 Å². The molecule has 6 rings (SSSR count). The normalized spacial score (nSPS) is 28.5. The summed E-state index contributed by atoms with van der Waals surface area (Å²) in [5.41, 5.74) is -6.07. The number of hydrogen-bond acceptors (Lipinski definition) is 12. The quantitative estimate of drug-likeness (QED) is 0.149. The fraction of sp³-hybridized carbons (Fsp3) is 0.667. The molecule has 2 aromatic rings. The number of aromatic nitrogens is 2. The minimum absolute atomic E-state index is 0.0625. The summed E-state index contributed by atoms with van der Waals surface area (Å²) in [6, 6.07) is 1.06. The molecule has 2 saturated carbocycles. The van der Waals surface area contributed by atoms with E-state index in [0.29, 0.717) is 46.0 Å². The molecular formula is C42H52F6N4O10S. The summed E-state index contributed by atoms with van der Waals surface area (Å²) in [7, 11) is -1.89. The number of allylic oxidation sites excluding steroid dienone is 2. The van der Waals surface area contributed by atoms with Crippen LogP contribution < -0.4 is 18.9 Å². The first-order valence-corrected chi connectivity index (χ1v) is 22.2. The molecule has 3 fully saturated rings. The number of ether oxygens (including phenoxy) is 4. The molecular weight excluding hydrogens is 867 g/mol. The summed E-state index contributed by atoms with van der Waals surface area (Å²) < 4.78 is 132. The molecule has 3 heterocycles. The van der Waals surface area contributed by atoms with Gasteiger partial charge in [-0.15, -0.1) is 0 Å². The number of carbonyl (C=O) groups excluding carboxylic acids is 4. The van der Waals surface area contributed by atoms with Crippen molar-refractivity contribution in [1.29, 1.82) is 0 Å². The molecule has 21 heteroatoms. The highest BCUT2D eigenvalue weighted by molar-refractivity contribution is 7.91. The van der Waals surface area contributed by atoms with Crippen LogP contribution in [0.3, 0.4) is 0 Å². The summed E-state index contributed by atoms with van der Waals surface area (Å²) in [6.45, 7) is 6.16. The first kappa shape index (κ1) is 47.8. The standard InChI is InChI=1S/C42H52F6N4O10S/c1-22-10-8-9-11-24-19-40(24,37(56)51-63(57,58)39(5)12-13-39)20-30(53)29-15-25(21-52(29)36(55)26(23(2)14-22)16-33(54)62-38(3,4)42(46,47)48)61-32-18-28-27(17-31(32)59-6)49-34(41(43,44)45)35(50-28)60-7/h9,11,17-18,22-26,29H,8,10,12-16,19-21H2,1-7H3,(H,51,56)/b11-9-/t22-,23-,24-,25-,26+,29+,40-/m1/s1. The number of methoxy groups -OCH3 is 2. The lowest BCUT2D eigenvalue weighted by atomic mass is 9.82. The van der Waals surface area contributed by atoms with Crippen LogP contribution in [0.15, 0.2) is 24.3 Å². The summed E-state index contributed by atoms with van der Waals surface area (Å²) in [5.74, 6) is -6.98. The lowest BCUT2D eigenvalue weighted by Crippen LogP contribution is -2.48. The van der Waals surface area contributed by atoms with Crippen LogP contribution in [-0.2, 0) is 40.1 Å². The van der Waals surface area contributed by atoms with Crippen molar-refractivity contribution in [2.75, 3.05) is 20.8 Å². The molecule has 0 radical (unpaired) electrons. The Morgan fingerprint density at radius 1 is 0.968 bits per heavy atom. The lowest BCUT2D eigenvalue weighted by Gasteiger charge is -2.33. The Morgan fingerprint density at radius 2 is 1.62 bits per heavy atom. The van der Waals surface area contributed by atoms with E-state index in [0.717, 1.165) is 13.2 Å². The van der Waals surface area contributed by atoms with Crippen LogP contribution >= 0.6 is 0 Å². The number of ketones is 1. The first-order chi connectivity index (χ1) is 29.1. The number of alkyl halides is 6. The smallest absolute Gasteiger partial charge is 0.438 e. The fourth-order valence-corrected chi connectivity index (χ4v) is 9.79. The third kappa shape index (κ3) is 9.87. The molecule has 14 nitrogen and oxygen atoms in total. The molecule has 0 bridgehead atoms. The van der Waals surface area contributed by atoms with Crippen LogP contribution in [-0.4, -0.2) is 96.3 Å². The molecule has 348 valence electrons. The van der Waals surface area contributed by atoms with E-state index in [1.165, 1.54) is 25.0 Å². The Morgan fingerprint density at radius 3 is 2.22 bits per heavy atom. The molecule has 1 aromatic heterocycles. The number of amides is 2. The fourth-order valence-electron chi connectivity index (χ4n) is 8.46. The highest BCUT2D eigenvalue weighted by Gasteiger charge is 2.63. The van der Waals surface area contributed by atoms with E-state index in [4.69, 9.17) is 18.9 Å². The number of nitrogens with zero attached hydrogens (tertiary/aromatic N) is 3. The van der Waals surface area contributed by atoms with Gasteiger partial charge in [-0.1, -0.05) is 26.0 Å². The monoisotopic (exact) mass is 918 g/mol. The van der Waals surface area contributed by atoms with Crippen molar-refractivity contribution in [1.82, 2.24) is 19.6 Å². The van der Waals surface area contributed by atoms with Crippen LogP contribution in [0.2, 0.25) is 0 Å². The molecule has 2 amide bonds. The molecule has 1 aromatic carbocycles. The number of nitrogens with one attached hydrogen (secondary N) is 1. The Labute approximate surface area is 360 Å². The van der Waals surface area contributed by atoms with Gasteiger partial charge in [-0.2, -0.15) is 26.3 Å². The highest BCUT2D eigenvalue weighted by atomic mass is 32.2. The van der Waals surface area contributed by atoms with E-state index in [1.807, 2.05) is 13.0 Å². The van der Waals surface area contributed by atoms with E-state index < -0.39 is 116 Å². The number of fused-ring (bicyclic) bond motifs is 3. The predicted molar refractivity (Wildman–Crippen MR) is 213 cm³/mol. The van der Waals surface area contributed by atoms with Crippen molar-refractivity contribution >= 4 is 44.6 Å². The zero-order valence-electron chi connectivity index (χ0n) is 35.9. The zero-order valence-corrected chi connectivity index (χ0v) is 36.8. The minimum atomic E-state index is -4.93. The number of benzene rings is 1. The van der Waals surface area contributed by atoms with Gasteiger partial charge in [0.25, 0.3) is 0 Å². The number of rotatable bonds is 10. The van der Waals surface area contributed by atoms with Gasteiger partial charge in [0.15, 0.2) is 17.3 Å². The van der Waals surface area contributed by atoms with Gasteiger partial charge in [0.05, 0.1) is 60.3 Å². The van der Waals surface area contributed by atoms with E-state index in [2.05, 4.69) is 14.7 Å². The number of carbonyl (C=O) groups is 4. The summed E-state index contributed by atoms with van der Waals surface area (Å²) in [6.07, 6.45) is -6.40. The third-order valence-corrected chi connectivity index (χ3v) is 15.1. The SMILES string of the molecule is COc1cc2nc(C(F)(F)F)c(OC)nc2cc1O[C@@H]1C[C@H]2C(=O)C[C@]3(C(=O)NS(=O)(=O)C4(C)CC4)C[C@H]3/C=C\CC[C@@H](C)C[C@@H](C)[C@H](CC(=O)OC(C)(C)C(F)(F)F)C(=O)N2C1. The van der Waals surface area contributed by atoms with Crippen LogP contribution in [0.4, 0.5) is 26.3 Å². The summed E-state index contributed by atoms with van der Waals surface area (Å²) in [5, 5.41) is 0. The maximum atomic E-state index is 14.9. The van der Waals surface area contributed by atoms with Crippen LogP contribution in [0.1, 0.15) is 98.1 Å². The largest absolute Gasteiger partial charge is 0.493 e. The predicted octanol–water partition coefficient (Wildman–Crippen LogP) is 6.88. The van der Waals surface area contributed by atoms with Crippen molar-refractivity contribution in [3.8, 4) is 17.4 Å². The number of halogens is 6. The second kappa shape index (κ2) is 17.0. The van der Waals surface area contributed by atoms with Crippen LogP contribution in [0.25, 0.3) is 11.0 Å². The topological polar surface area (TPSA) is 180 Å². The van der Waals surface area contributed by atoms with Crippen molar-refractivity contribution in [3.63, 3.8) is 0 Å². The van der Waals surface area contributed by atoms with Gasteiger partial charge in [-0.05, 0) is 77.0 Å². The van der Waals surface area contributed by atoms with E-state index >= 15 is 0 Å². The molecule has 2 aliphatic carbocycles. The van der Waals surface area contributed by atoms with E-state index in [9.17, 15) is 53.9 Å². The third-order valence-electron chi connectivity index (χ3n) is 12.9. The van der Waals surface area contributed by atoms with Gasteiger partial charge in [0.1, 0.15) is 6.10 Å². The Bertz CT molecular complexity index is 2280. The molecule has 63 heavy (non-hydrogen) atoms. The molecule has 0 unspecified atom stereocenters. The van der Waals surface area contributed by atoms with Crippen LogP contribution in [0.5, 0.6) is 17.4 Å². The second-order valence-electron chi connectivity index (χ2n) is 18.2. The second-order valence-corrected chi connectivity index (χ2v) is 20.4.